The molecule has 0 amide bonds. The number of alkyl halides is 1. The van der Waals surface area contributed by atoms with Crippen molar-refractivity contribution in [2.75, 3.05) is 5.88 Å². The molecule has 0 aliphatic heterocycles. The molecule has 0 aromatic carbocycles. The zero-order valence-electron chi connectivity index (χ0n) is 8.46. The number of carboxylic acids is 1. The third-order valence-electron chi connectivity index (χ3n) is 2.22. The number of carboxylic acid groups (broad SMARTS) is 1. The summed E-state index contributed by atoms with van der Waals surface area (Å²) < 4.78 is 0. The minimum Gasteiger partial charge on any atom is -0.481 e. The average molecular weight is 221 g/mol. The van der Waals surface area contributed by atoms with Crippen LogP contribution >= 0.6 is 11.6 Å². The highest BCUT2D eigenvalue weighted by Crippen LogP contribution is 2.13. The molecule has 1 atom stereocenters. The summed E-state index contributed by atoms with van der Waals surface area (Å²) in [5, 5.41) is 8.74. The topological polar surface area (TPSA) is 54.4 Å². The molecule has 0 bridgehead atoms. The second-order valence-electron chi connectivity index (χ2n) is 3.31. The Morgan fingerprint density at radius 3 is 2.43 bits per heavy atom. The van der Waals surface area contributed by atoms with Crippen LogP contribution < -0.4 is 0 Å². The molecule has 82 valence electrons. The van der Waals surface area contributed by atoms with Crippen LogP contribution in [0.25, 0.3) is 0 Å². The third-order valence-corrected chi connectivity index (χ3v) is 2.41. The lowest BCUT2D eigenvalue weighted by atomic mass is 9.98. The number of ketones is 1. The van der Waals surface area contributed by atoms with Gasteiger partial charge in [-0.15, -0.1) is 11.6 Å². The first-order valence-electron chi connectivity index (χ1n) is 4.92. The number of Topliss-reactive ketones (excluding diaryl/α,β-unsaturated/α-hetero) is 1. The Hall–Kier alpha value is -0.570. The normalized spacial score (nSPS) is 12.4. The van der Waals surface area contributed by atoms with Gasteiger partial charge in [-0.3, -0.25) is 9.59 Å². The summed E-state index contributed by atoms with van der Waals surface area (Å²) in [6.07, 6.45) is 2.71. The molecule has 0 heterocycles. The van der Waals surface area contributed by atoms with Gasteiger partial charge in [-0.25, -0.2) is 0 Å². The fourth-order valence-electron chi connectivity index (χ4n) is 1.28. The highest BCUT2D eigenvalue weighted by molar-refractivity contribution is 6.19. The van der Waals surface area contributed by atoms with E-state index in [-0.39, 0.29) is 11.7 Å². The average Bonchev–Trinajstić information content (AvgIpc) is 2.12. The van der Waals surface area contributed by atoms with Gasteiger partial charge in [0.1, 0.15) is 5.78 Å². The van der Waals surface area contributed by atoms with Crippen LogP contribution in [0, 0.1) is 5.92 Å². The second kappa shape index (κ2) is 7.80. The zero-order chi connectivity index (χ0) is 11.0. The van der Waals surface area contributed by atoms with Crippen LogP contribution in [0.4, 0.5) is 0 Å². The number of carbonyl (C=O) groups is 2. The van der Waals surface area contributed by atoms with Crippen molar-refractivity contribution in [2.45, 2.75) is 39.0 Å². The van der Waals surface area contributed by atoms with Gasteiger partial charge >= 0.3 is 5.97 Å². The molecule has 1 unspecified atom stereocenters. The van der Waals surface area contributed by atoms with Crippen LogP contribution in [-0.2, 0) is 9.59 Å². The molecular weight excluding hydrogens is 204 g/mol. The maximum atomic E-state index is 11.1. The summed E-state index contributed by atoms with van der Waals surface area (Å²) in [5.74, 6) is -0.592. The lowest BCUT2D eigenvalue weighted by Gasteiger charge is -2.08. The lowest BCUT2D eigenvalue weighted by Crippen LogP contribution is -2.13. The first-order chi connectivity index (χ1) is 6.61. The minimum absolute atomic E-state index is 0.125. The molecule has 0 fully saturated rings. The Labute approximate surface area is 89.4 Å². The molecule has 4 heteroatoms. The van der Waals surface area contributed by atoms with Gasteiger partial charge in [0.15, 0.2) is 0 Å². The number of carbonyl (C=O) groups excluding carboxylic acids is 1. The summed E-state index contributed by atoms with van der Waals surface area (Å²) in [6, 6.07) is 0. The van der Waals surface area contributed by atoms with Gasteiger partial charge in [0.2, 0.25) is 0 Å². The van der Waals surface area contributed by atoms with E-state index >= 15 is 0 Å². The van der Waals surface area contributed by atoms with E-state index in [0.717, 1.165) is 0 Å². The molecule has 0 rings (SSSR count). The van der Waals surface area contributed by atoms with E-state index in [1.54, 1.807) is 0 Å². The molecule has 0 saturated carbocycles. The van der Waals surface area contributed by atoms with Crippen LogP contribution in [0.3, 0.4) is 0 Å². The molecule has 0 spiro atoms. The van der Waals surface area contributed by atoms with E-state index in [1.165, 1.54) is 0 Å². The van der Waals surface area contributed by atoms with Gasteiger partial charge in [0, 0.05) is 18.7 Å². The number of rotatable bonds is 8. The Balaban J connectivity index is 3.61. The van der Waals surface area contributed by atoms with E-state index in [2.05, 4.69) is 0 Å². The summed E-state index contributed by atoms with van der Waals surface area (Å²) in [4.78, 5) is 21.7. The van der Waals surface area contributed by atoms with Crippen molar-refractivity contribution in [2.24, 2.45) is 5.92 Å². The molecule has 1 N–H and O–H groups in total. The first-order valence-corrected chi connectivity index (χ1v) is 5.45. The van der Waals surface area contributed by atoms with Gasteiger partial charge in [0.25, 0.3) is 0 Å². The fourth-order valence-corrected chi connectivity index (χ4v) is 1.49. The molecule has 14 heavy (non-hydrogen) atoms. The van der Waals surface area contributed by atoms with Crippen molar-refractivity contribution in [3.8, 4) is 0 Å². The molecule has 0 aromatic heterocycles. The van der Waals surface area contributed by atoms with E-state index < -0.39 is 5.97 Å². The monoisotopic (exact) mass is 220 g/mol. The molecule has 0 aromatic rings. The Morgan fingerprint density at radius 1 is 1.36 bits per heavy atom. The maximum Gasteiger partial charge on any atom is 0.306 e. The Kier molecular flexibility index (Phi) is 7.48. The van der Waals surface area contributed by atoms with Gasteiger partial charge in [-0.05, 0) is 19.3 Å². The Morgan fingerprint density at radius 2 is 2.00 bits per heavy atom. The molecule has 0 aliphatic rings. The number of hydrogen-bond donors (Lipinski definition) is 1. The standard InChI is InChI=1S/C10H17ClO3/c1-2-8(10(13)14)4-3-5-9(12)6-7-11/h8H,2-7H2,1H3,(H,13,14). The highest BCUT2D eigenvalue weighted by atomic mass is 35.5. The van der Waals surface area contributed by atoms with Crippen LogP contribution in [0.2, 0.25) is 0 Å². The maximum absolute atomic E-state index is 11.1. The number of aliphatic carboxylic acids is 1. The molecule has 0 aliphatic carbocycles. The van der Waals surface area contributed by atoms with Crippen LogP contribution in [0.5, 0.6) is 0 Å². The van der Waals surface area contributed by atoms with E-state index in [1.807, 2.05) is 6.92 Å². The first kappa shape index (κ1) is 13.4. The molecule has 0 radical (unpaired) electrons. The van der Waals surface area contributed by atoms with Crippen molar-refractivity contribution in [1.82, 2.24) is 0 Å². The summed E-state index contributed by atoms with van der Waals surface area (Å²) in [6.45, 7) is 1.85. The number of halogens is 1. The van der Waals surface area contributed by atoms with E-state index in [9.17, 15) is 9.59 Å². The van der Waals surface area contributed by atoms with Crippen molar-refractivity contribution in [3.05, 3.63) is 0 Å². The van der Waals surface area contributed by atoms with Crippen LogP contribution in [-0.4, -0.2) is 22.7 Å². The van der Waals surface area contributed by atoms with Gasteiger partial charge < -0.3 is 5.11 Å². The third kappa shape index (κ3) is 5.97. The van der Waals surface area contributed by atoms with Crippen molar-refractivity contribution in [1.29, 1.82) is 0 Å². The van der Waals surface area contributed by atoms with Gasteiger partial charge in [-0.1, -0.05) is 6.92 Å². The predicted octanol–water partition coefficient (Wildman–Crippen LogP) is 2.47. The van der Waals surface area contributed by atoms with Crippen LogP contribution in [0.1, 0.15) is 39.0 Å². The number of hydrogen-bond acceptors (Lipinski definition) is 2. The van der Waals surface area contributed by atoms with E-state index in [4.69, 9.17) is 16.7 Å². The summed E-state index contributed by atoms with van der Waals surface area (Å²) in [5.41, 5.74) is 0. The van der Waals surface area contributed by atoms with Crippen LogP contribution in [0.15, 0.2) is 0 Å². The van der Waals surface area contributed by atoms with E-state index in [0.29, 0.717) is 38.0 Å². The SMILES string of the molecule is CCC(CCCC(=O)CCCl)C(=O)O. The predicted molar refractivity (Wildman–Crippen MR) is 55.6 cm³/mol. The molecular formula is C10H17ClO3. The van der Waals surface area contributed by atoms with Gasteiger partial charge in [0.05, 0.1) is 5.92 Å². The summed E-state index contributed by atoms with van der Waals surface area (Å²) in [7, 11) is 0. The highest BCUT2D eigenvalue weighted by Gasteiger charge is 2.14. The lowest BCUT2D eigenvalue weighted by molar-refractivity contribution is -0.142. The van der Waals surface area contributed by atoms with Gasteiger partial charge in [-0.2, -0.15) is 0 Å². The minimum atomic E-state index is -0.766. The zero-order valence-corrected chi connectivity index (χ0v) is 9.22. The molecule has 3 nitrogen and oxygen atoms in total. The van der Waals surface area contributed by atoms with Crippen molar-refractivity contribution in [3.63, 3.8) is 0 Å². The van der Waals surface area contributed by atoms with Crippen molar-refractivity contribution < 1.29 is 14.7 Å². The van der Waals surface area contributed by atoms with Crippen molar-refractivity contribution >= 4 is 23.4 Å². The fraction of sp³-hybridized carbons (Fsp3) is 0.800. The largest absolute Gasteiger partial charge is 0.481 e. The quantitative estimate of drug-likeness (QED) is 0.640. The summed E-state index contributed by atoms with van der Waals surface area (Å²) >= 11 is 5.40. The molecule has 0 saturated heterocycles. The Bertz CT molecular complexity index is 192. The smallest absolute Gasteiger partial charge is 0.306 e. The second-order valence-corrected chi connectivity index (χ2v) is 3.69.